The van der Waals surface area contributed by atoms with E-state index < -0.39 is 17.6 Å². The van der Waals surface area contributed by atoms with Gasteiger partial charge in [0.2, 0.25) is 5.91 Å². The zero-order valence-electron chi connectivity index (χ0n) is 12.4. The normalized spacial score (nSPS) is 12.5. The Morgan fingerprint density at radius 3 is 2.57 bits per heavy atom. The number of nitrogens with zero attached hydrogens (tertiary/aromatic N) is 1. The summed E-state index contributed by atoms with van der Waals surface area (Å²) >= 11 is 3.42. The number of amides is 2. The Hall–Kier alpha value is -2.21. The summed E-state index contributed by atoms with van der Waals surface area (Å²) in [5.41, 5.74) is 2.61. The van der Waals surface area contributed by atoms with E-state index in [0.29, 0.717) is 5.69 Å². The highest BCUT2D eigenvalue weighted by atomic mass is 79.9. The molecule has 2 aromatic carbocycles. The van der Waals surface area contributed by atoms with Crippen LogP contribution in [0, 0.1) is 5.82 Å². The SMILES string of the molecule is CC(=O)N(C(=O)c1ccc(F)cc1)c1cc(Br)cc2c1NCC2. The minimum atomic E-state index is -0.480. The maximum atomic E-state index is 13.1. The van der Waals surface area contributed by atoms with Crippen LogP contribution in [0.3, 0.4) is 0 Å². The van der Waals surface area contributed by atoms with Crippen LogP contribution >= 0.6 is 15.9 Å². The molecule has 0 bridgehead atoms. The van der Waals surface area contributed by atoms with Crippen LogP contribution in [0.15, 0.2) is 40.9 Å². The van der Waals surface area contributed by atoms with Crippen LogP contribution in [0.2, 0.25) is 0 Å². The van der Waals surface area contributed by atoms with Gasteiger partial charge in [0.25, 0.3) is 5.91 Å². The molecule has 0 atom stereocenters. The largest absolute Gasteiger partial charge is 0.383 e. The molecule has 1 aliphatic rings. The molecule has 1 heterocycles. The first-order valence-electron chi connectivity index (χ1n) is 7.14. The van der Waals surface area contributed by atoms with Crippen molar-refractivity contribution in [3.63, 3.8) is 0 Å². The first-order valence-corrected chi connectivity index (χ1v) is 7.93. The number of carbonyl (C=O) groups excluding carboxylic acids is 2. The number of carbonyl (C=O) groups is 2. The van der Waals surface area contributed by atoms with Gasteiger partial charge in [-0.25, -0.2) is 9.29 Å². The van der Waals surface area contributed by atoms with E-state index in [4.69, 9.17) is 0 Å². The van der Waals surface area contributed by atoms with Gasteiger partial charge in [0.1, 0.15) is 5.82 Å². The van der Waals surface area contributed by atoms with Crippen molar-refractivity contribution in [2.24, 2.45) is 0 Å². The summed E-state index contributed by atoms with van der Waals surface area (Å²) in [7, 11) is 0. The average molecular weight is 377 g/mol. The Labute approximate surface area is 141 Å². The van der Waals surface area contributed by atoms with Gasteiger partial charge in [0, 0.05) is 23.5 Å². The lowest BCUT2D eigenvalue weighted by atomic mass is 10.1. The third-order valence-corrected chi connectivity index (χ3v) is 4.17. The Morgan fingerprint density at radius 2 is 1.91 bits per heavy atom. The molecule has 0 fully saturated rings. The van der Waals surface area contributed by atoms with Gasteiger partial charge in [0.15, 0.2) is 0 Å². The molecule has 0 spiro atoms. The van der Waals surface area contributed by atoms with Gasteiger partial charge in [-0.05, 0) is 48.4 Å². The fourth-order valence-electron chi connectivity index (χ4n) is 2.69. The zero-order valence-corrected chi connectivity index (χ0v) is 14.0. The third kappa shape index (κ3) is 2.99. The highest BCUT2D eigenvalue weighted by Crippen LogP contribution is 2.37. The Kier molecular flexibility index (Phi) is 4.17. The van der Waals surface area contributed by atoms with Gasteiger partial charge in [-0.15, -0.1) is 0 Å². The van der Waals surface area contributed by atoms with Crippen LogP contribution < -0.4 is 10.2 Å². The second-order valence-electron chi connectivity index (χ2n) is 5.30. The molecule has 0 radical (unpaired) electrons. The number of halogens is 2. The lowest BCUT2D eigenvalue weighted by Gasteiger charge is -2.22. The predicted molar refractivity (Wildman–Crippen MR) is 90.2 cm³/mol. The van der Waals surface area contributed by atoms with Gasteiger partial charge in [-0.2, -0.15) is 0 Å². The average Bonchev–Trinajstić information content (AvgIpc) is 2.95. The minimum Gasteiger partial charge on any atom is -0.383 e. The zero-order chi connectivity index (χ0) is 16.6. The number of hydrogen-bond acceptors (Lipinski definition) is 3. The molecule has 3 rings (SSSR count). The van der Waals surface area contributed by atoms with Gasteiger partial charge in [-0.1, -0.05) is 15.9 Å². The molecule has 0 unspecified atom stereocenters. The van der Waals surface area contributed by atoms with E-state index in [1.807, 2.05) is 6.07 Å². The van der Waals surface area contributed by atoms with Crippen molar-refractivity contribution in [1.29, 1.82) is 0 Å². The number of benzene rings is 2. The van der Waals surface area contributed by atoms with E-state index in [1.165, 1.54) is 31.2 Å². The Bertz CT molecular complexity index is 790. The van der Waals surface area contributed by atoms with Crippen molar-refractivity contribution in [3.8, 4) is 0 Å². The second-order valence-corrected chi connectivity index (χ2v) is 6.22. The third-order valence-electron chi connectivity index (χ3n) is 3.71. The van der Waals surface area contributed by atoms with Crippen molar-refractivity contribution in [2.75, 3.05) is 16.8 Å². The van der Waals surface area contributed by atoms with E-state index in [0.717, 1.165) is 33.6 Å². The number of fused-ring (bicyclic) bond motifs is 1. The molecule has 4 nitrogen and oxygen atoms in total. The van der Waals surface area contributed by atoms with Crippen molar-refractivity contribution >= 4 is 39.1 Å². The molecule has 0 saturated heterocycles. The Morgan fingerprint density at radius 1 is 1.22 bits per heavy atom. The molecule has 0 aromatic heterocycles. The number of hydrogen-bond donors (Lipinski definition) is 1. The van der Waals surface area contributed by atoms with Crippen molar-refractivity contribution < 1.29 is 14.0 Å². The summed E-state index contributed by atoms with van der Waals surface area (Å²) < 4.78 is 13.9. The van der Waals surface area contributed by atoms with E-state index >= 15 is 0 Å². The van der Waals surface area contributed by atoms with Gasteiger partial charge < -0.3 is 5.32 Å². The predicted octanol–water partition coefficient (Wildman–Crippen LogP) is 3.75. The molecule has 1 aliphatic heterocycles. The monoisotopic (exact) mass is 376 g/mol. The molecule has 6 heteroatoms. The molecule has 2 aromatic rings. The van der Waals surface area contributed by atoms with Gasteiger partial charge >= 0.3 is 0 Å². The van der Waals surface area contributed by atoms with Crippen LogP contribution in [0.4, 0.5) is 15.8 Å². The highest BCUT2D eigenvalue weighted by molar-refractivity contribution is 9.10. The Balaban J connectivity index is 2.08. The topological polar surface area (TPSA) is 49.4 Å². The second kappa shape index (κ2) is 6.12. The van der Waals surface area contributed by atoms with Crippen molar-refractivity contribution in [2.45, 2.75) is 13.3 Å². The highest BCUT2D eigenvalue weighted by Gasteiger charge is 2.27. The fraction of sp³-hybridized carbons (Fsp3) is 0.176. The summed E-state index contributed by atoms with van der Waals surface area (Å²) in [5.74, 6) is -1.30. The number of anilines is 2. The minimum absolute atomic E-state index is 0.258. The smallest absolute Gasteiger partial charge is 0.265 e. The van der Waals surface area contributed by atoms with E-state index in [2.05, 4.69) is 21.2 Å². The molecular weight excluding hydrogens is 363 g/mol. The first kappa shape index (κ1) is 15.7. The summed E-state index contributed by atoms with van der Waals surface area (Å²) in [4.78, 5) is 26.0. The molecule has 0 saturated carbocycles. The van der Waals surface area contributed by atoms with Crippen LogP contribution in [0.5, 0.6) is 0 Å². The van der Waals surface area contributed by atoms with Crippen LogP contribution in [-0.2, 0) is 11.2 Å². The lowest BCUT2D eigenvalue weighted by Crippen LogP contribution is -2.35. The molecular formula is C17H14BrFN2O2. The molecule has 118 valence electrons. The quantitative estimate of drug-likeness (QED) is 0.868. The van der Waals surface area contributed by atoms with Crippen LogP contribution in [0.25, 0.3) is 0 Å². The number of rotatable bonds is 2. The van der Waals surface area contributed by atoms with Gasteiger partial charge in [-0.3, -0.25) is 9.59 Å². The fourth-order valence-corrected chi connectivity index (χ4v) is 3.18. The molecule has 2 amide bonds. The maximum absolute atomic E-state index is 13.1. The molecule has 23 heavy (non-hydrogen) atoms. The van der Waals surface area contributed by atoms with E-state index in [-0.39, 0.29) is 5.56 Å². The lowest BCUT2D eigenvalue weighted by molar-refractivity contribution is -0.115. The van der Waals surface area contributed by atoms with Crippen molar-refractivity contribution in [3.05, 3.63) is 57.8 Å². The summed E-state index contributed by atoms with van der Waals surface area (Å²) in [6, 6.07) is 8.86. The van der Waals surface area contributed by atoms with Gasteiger partial charge in [0.05, 0.1) is 11.4 Å². The van der Waals surface area contributed by atoms with Crippen LogP contribution in [0.1, 0.15) is 22.8 Å². The molecule has 0 aliphatic carbocycles. The van der Waals surface area contributed by atoms with E-state index in [1.54, 1.807) is 6.07 Å². The van der Waals surface area contributed by atoms with E-state index in [9.17, 15) is 14.0 Å². The maximum Gasteiger partial charge on any atom is 0.265 e. The summed E-state index contributed by atoms with van der Waals surface area (Å²) in [6.07, 6.45) is 0.832. The number of imide groups is 1. The van der Waals surface area contributed by atoms with Crippen molar-refractivity contribution in [1.82, 2.24) is 0 Å². The summed E-state index contributed by atoms with van der Waals surface area (Å²) in [5, 5.41) is 3.22. The first-order chi connectivity index (χ1) is 11.0. The molecule has 1 N–H and O–H groups in total. The van der Waals surface area contributed by atoms with Crippen LogP contribution in [-0.4, -0.2) is 18.4 Å². The summed E-state index contributed by atoms with van der Waals surface area (Å²) in [6.45, 7) is 2.10. The number of nitrogens with one attached hydrogen (secondary N) is 1. The standard InChI is InChI=1S/C17H14BrFN2O2/c1-10(22)21(17(23)11-2-4-14(19)5-3-11)15-9-13(18)8-12-6-7-20-16(12)15/h2-5,8-9,20H,6-7H2,1H3.